The number of benzene rings is 1. The van der Waals surface area contributed by atoms with Crippen molar-refractivity contribution in [2.45, 2.75) is 64.3 Å². The van der Waals surface area contributed by atoms with E-state index in [1.165, 1.54) is 23.1 Å². The first-order valence-electron chi connectivity index (χ1n) is 10.5. The van der Waals surface area contributed by atoms with Crippen molar-refractivity contribution in [2.75, 3.05) is 13.2 Å². The second-order valence-corrected chi connectivity index (χ2v) is 7.67. The lowest BCUT2D eigenvalue weighted by Gasteiger charge is -2.29. The predicted octanol–water partition coefficient (Wildman–Crippen LogP) is 3.08. The molecule has 1 heterocycles. The number of imide groups is 1. The van der Waals surface area contributed by atoms with Crippen LogP contribution < -0.4 is 5.32 Å². The lowest BCUT2D eigenvalue weighted by Crippen LogP contribution is -2.40. The number of carbonyl (C=O) groups excluding carboxylic acids is 4. The van der Waals surface area contributed by atoms with E-state index in [2.05, 4.69) is 12.2 Å². The van der Waals surface area contributed by atoms with Crippen molar-refractivity contribution in [2.24, 2.45) is 0 Å². The van der Waals surface area contributed by atoms with Crippen LogP contribution in [0, 0.1) is 0 Å². The summed E-state index contributed by atoms with van der Waals surface area (Å²) in [5, 5.41) is 2.70. The Morgan fingerprint density at radius 3 is 2.52 bits per heavy atom. The summed E-state index contributed by atoms with van der Waals surface area (Å²) in [6, 6.07) is 4.30. The zero-order valence-corrected chi connectivity index (χ0v) is 16.9. The minimum atomic E-state index is -0.687. The lowest BCUT2D eigenvalue weighted by atomic mass is 9.94. The third kappa shape index (κ3) is 4.83. The number of rotatable bonds is 8. The average Bonchev–Trinajstić information content (AvgIpc) is 2.99. The number of ether oxygens (including phenoxy) is 1. The lowest BCUT2D eigenvalue weighted by molar-refractivity contribution is -0.124. The normalized spacial score (nSPS) is 16.7. The predicted molar refractivity (Wildman–Crippen MR) is 107 cm³/mol. The SMILES string of the molecule is CCCCCNC(=O)COC(=O)c1ccc2c(c1)C(=O)N(C1CCCCC1)C2=O. The monoisotopic (exact) mass is 400 g/mol. The maximum Gasteiger partial charge on any atom is 0.338 e. The van der Waals surface area contributed by atoms with Crippen molar-refractivity contribution in [1.82, 2.24) is 10.2 Å². The van der Waals surface area contributed by atoms with Crippen molar-refractivity contribution >= 4 is 23.7 Å². The van der Waals surface area contributed by atoms with Gasteiger partial charge >= 0.3 is 5.97 Å². The number of fused-ring (bicyclic) bond motifs is 1. The third-order valence-electron chi connectivity index (χ3n) is 5.53. The minimum Gasteiger partial charge on any atom is -0.452 e. The molecule has 0 spiro atoms. The molecule has 0 unspecified atom stereocenters. The first-order valence-corrected chi connectivity index (χ1v) is 10.5. The molecule has 0 saturated heterocycles. The van der Waals surface area contributed by atoms with E-state index in [0.717, 1.165) is 51.4 Å². The fraction of sp³-hybridized carbons (Fsp3) is 0.545. The zero-order chi connectivity index (χ0) is 20.8. The molecule has 0 aromatic heterocycles. The summed E-state index contributed by atoms with van der Waals surface area (Å²) in [7, 11) is 0. The Labute approximate surface area is 170 Å². The van der Waals surface area contributed by atoms with E-state index in [1.807, 2.05) is 0 Å². The van der Waals surface area contributed by atoms with Gasteiger partial charge in [0.2, 0.25) is 0 Å². The molecule has 3 rings (SSSR count). The number of amides is 3. The second-order valence-electron chi connectivity index (χ2n) is 7.67. The number of esters is 1. The molecule has 7 nitrogen and oxygen atoms in total. The van der Waals surface area contributed by atoms with Gasteiger partial charge < -0.3 is 10.1 Å². The van der Waals surface area contributed by atoms with Crippen LogP contribution in [0.2, 0.25) is 0 Å². The average molecular weight is 400 g/mol. The first-order chi connectivity index (χ1) is 14.0. The molecule has 1 saturated carbocycles. The molecule has 1 aliphatic heterocycles. The van der Waals surface area contributed by atoms with Gasteiger partial charge in [-0.05, 0) is 37.5 Å². The van der Waals surface area contributed by atoms with Crippen LogP contribution in [0.15, 0.2) is 18.2 Å². The van der Waals surface area contributed by atoms with Crippen LogP contribution >= 0.6 is 0 Å². The molecule has 156 valence electrons. The van der Waals surface area contributed by atoms with Gasteiger partial charge in [-0.3, -0.25) is 19.3 Å². The molecule has 0 bridgehead atoms. The molecule has 0 radical (unpaired) electrons. The van der Waals surface area contributed by atoms with Crippen LogP contribution in [0.5, 0.6) is 0 Å². The second kappa shape index (κ2) is 9.67. The van der Waals surface area contributed by atoms with Gasteiger partial charge in [-0.2, -0.15) is 0 Å². The standard InChI is InChI=1S/C22H28N2O5/c1-2-3-7-12-23-19(25)14-29-22(28)15-10-11-17-18(13-15)21(27)24(20(17)26)16-8-5-4-6-9-16/h10-11,13,16H,2-9,12,14H2,1H3,(H,23,25). The third-order valence-corrected chi connectivity index (χ3v) is 5.53. The van der Waals surface area contributed by atoms with Crippen molar-refractivity contribution < 1.29 is 23.9 Å². The molecule has 29 heavy (non-hydrogen) atoms. The van der Waals surface area contributed by atoms with Gasteiger partial charge in [-0.1, -0.05) is 39.0 Å². The summed E-state index contributed by atoms with van der Waals surface area (Å²) >= 11 is 0. The van der Waals surface area contributed by atoms with Gasteiger partial charge in [0.1, 0.15) is 0 Å². The molecule has 0 atom stereocenters. The Kier molecular flexibility index (Phi) is 7.01. The van der Waals surface area contributed by atoms with E-state index in [0.29, 0.717) is 12.1 Å². The highest BCUT2D eigenvalue weighted by atomic mass is 16.5. The molecule has 1 aromatic carbocycles. The Morgan fingerprint density at radius 2 is 1.79 bits per heavy atom. The summed E-state index contributed by atoms with van der Waals surface area (Å²) in [6.45, 7) is 2.26. The Bertz CT molecular complexity index is 798. The summed E-state index contributed by atoms with van der Waals surface area (Å²) in [6.07, 6.45) is 7.77. The van der Waals surface area contributed by atoms with Crippen LogP contribution in [0.4, 0.5) is 0 Å². The minimum absolute atomic E-state index is 0.0667. The van der Waals surface area contributed by atoms with Crippen LogP contribution in [0.1, 0.15) is 89.4 Å². The topological polar surface area (TPSA) is 92.8 Å². The van der Waals surface area contributed by atoms with Crippen molar-refractivity contribution in [1.29, 1.82) is 0 Å². The van der Waals surface area contributed by atoms with Gasteiger partial charge in [0.05, 0.1) is 16.7 Å². The van der Waals surface area contributed by atoms with Gasteiger partial charge in [0.25, 0.3) is 17.7 Å². The van der Waals surface area contributed by atoms with Gasteiger partial charge in [-0.25, -0.2) is 4.79 Å². The van der Waals surface area contributed by atoms with Gasteiger partial charge in [-0.15, -0.1) is 0 Å². The fourth-order valence-corrected chi connectivity index (χ4v) is 3.93. The summed E-state index contributed by atoms with van der Waals surface area (Å²) < 4.78 is 5.05. The summed E-state index contributed by atoms with van der Waals surface area (Å²) in [5.74, 6) is -1.68. The largest absolute Gasteiger partial charge is 0.452 e. The maximum absolute atomic E-state index is 12.8. The first kappa shape index (κ1) is 21.0. The molecule has 1 fully saturated rings. The molecule has 1 aliphatic carbocycles. The number of unbranched alkanes of at least 4 members (excludes halogenated alkanes) is 2. The van der Waals surface area contributed by atoms with Crippen molar-refractivity contribution in [3.05, 3.63) is 34.9 Å². The number of carbonyl (C=O) groups is 4. The Balaban J connectivity index is 1.60. The Hall–Kier alpha value is -2.70. The number of hydrogen-bond acceptors (Lipinski definition) is 5. The highest BCUT2D eigenvalue weighted by Gasteiger charge is 2.40. The van der Waals surface area contributed by atoms with Crippen LogP contribution in [-0.4, -0.2) is 47.8 Å². The molecular weight excluding hydrogens is 372 g/mol. The summed E-state index contributed by atoms with van der Waals surface area (Å²) in [4.78, 5) is 50.9. The van der Waals surface area contributed by atoms with E-state index in [9.17, 15) is 19.2 Å². The van der Waals surface area contributed by atoms with Crippen LogP contribution in [-0.2, 0) is 9.53 Å². The number of nitrogens with zero attached hydrogens (tertiary/aromatic N) is 1. The zero-order valence-electron chi connectivity index (χ0n) is 16.9. The van der Waals surface area contributed by atoms with Crippen LogP contribution in [0.25, 0.3) is 0 Å². The molecule has 7 heteroatoms. The maximum atomic E-state index is 12.8. The molecule has 1 aromatic rings. The van der Waals surface area contributed by atoms with Crippen molar-refractivity contribution in [3.8, 4) is 0 Å². The molecule has 2 aliphatic rings. The van der Waals surface area contributed by atoms with E-state index in [-0.39, 0.29) is 41.5 Å². The highest BCUT2D eigenvalue weighted by Crippen LogP contribution is 2.31. The highest BCUT2D eigenvalue weighted by molar-refractivity contribution is 6.22. The van der Waals surface area contributed by atoms with E-state index in [4.69, 9.17) is 4.74 Å². The molecule has 3 amide bonds. The Morgan fingerprint density at radius 1 is 1.07 bits per heavy atom. The summed E-state index contributed by atoms with van der Waals surface area (Å²) in [5.41, 5.74) is 0.721. The smallest absolute Gasteiger partial charge is 0.338 e. The molecule has 1 N–H and O–H groups in total. The quantitative estimate of drug-likeness (QED) is 0.411. The van der Waals surface area contributed by atoms with E-state index < -0.39 is 5.97 Å². The molecular formula is C22H28N2O5. The fourth-order valence-electron chi connectivity index (χ4n) is 3.93. The van der Waals surface area contributed by atoms with E-state index in [1.54, 1.807) is 0 Å². The van der Waals surface area contributed by atoms with Crippen molar-refractivity contribution in [3.63, 3.8) is 0 Å². The van der Waals surface area contributed by atoms with Gasteiger partial charge in [0.15, 0.2) is 6.61 Å². The van der Waals surface area contributed by atoms with Crippen LogP contribution in [0.3, 0.4) is 0 Å². The van der Waals surface area contributed by atoms with E-state index >= 15 is 0 Å². The van der Waals surface area contributed by atoms with Gasteiger partial charge in [0, 0.05) is 12.6 Å². The number of hydrogen-bond donors (Lipinski definition) is 1. The number of nitrogens with one attached hydrogen (secondary N) is 1.